The molecule has 3 heteroatoms. The van der Waals surface area contributed by atoms with Crippen molar-refractivity contribution in [3.8, 4) is 17.9 Å². The number of nitriles is 1. The van der Waals surface area contributed by atoms with E-state index in [4.69, 9.17) is 11.0 Å². The second-order valence-corrected chi connectivity index (χ2v) is 2.14. The zero-order valence-corrected chi connectivity index (χ0v) is 6.63. The zero-order valence-electron chi connectivity index (χ0n) is 6.63. The second kappa shape index (κ2) is 3.41. The number of nitrogens with two attached hydrogens (primary N) is 1. The molecule has 0 unspecified atom stereocenters. The van der Waals surface area contributed by atoms with Crippen molar-refractivity contribution < 1.29 is 0 Å². The first kappa shape index (κ1) is 8.10. The Bertz CT molecular complexity index is 390. The van der Waals surface area contributed by atoms with Crippen molar-refractivity contribution in [2.24, 2.45) is 0 Å². The summed E-state index contributed by atoms with van der Waals surface area (Å²) in [6.45, 7) is 1.71. The minimum absolute atomic E-state index is 0.364. The van der Waals surface area contributed by atoms with Gasteiger partial charge in [-0.2, -0.15) is 5.26 Å². The fourth-order valence-electron chi connectivity index (χ4n) is 0.771. The molecule has 1 aromatic heterocycles. The third-order valence-electron chi connectivity index (χ3n) is 1.31. The van der Waals surface area contributed by atoms with Crippen molar-refractivity contribution in [3.63, 3.8) is 0 Å². The number of hydrogen-bond donors (Lipinski definition) is 1. The van der Waals surface area contributed by atoms with Crippen molar-refractivity contribution in [3.05, 3.63) is 23.4 Å². The lowest BCUT2D eigenvalue weighted by atomic mass is 10.2. The molecule has 0 bridgehead atoms. The molecule has 1 aromatic rings. The molecule has 0 saturated carbocycles. The minimum Gasteiger partial charge on any atom is -0.383 e. The molecule has 0 radical (unpaired) electrons. The molecule has 0 aliphatic carbocycles. The van der Waals surface area contributed by atoms with Gasteiger partial charge in [-0.05, 0) is 13.0 Å². The van der Waals surface area contributed by atoms with E-state index in [2.05, 4.69) is 16.8 Å². The predicted octanol–water partition coefficient (Wildman–Crippen LogP) is 0.907. The van der Waals surface area contributed by atoms with Crippen molar-refractivity contribution in [2.75, 3.05) is 5.73 Å². The van der Waals surface area contributed by atoms with E-state index in [0.29, 0.717) is 16.9 Å². The average Bonchev–Trinajstić information content (AvgIpc) is 2.09. The second-order valence-electron chi connectivity index (χ2n) is 2.14. The van der Waals surface area contributed by atoms with Gasteiger partial charge in [0.2, 0.25) is 0 Å². The third-order valence-corrected chi connectivity index (χ3v) is 1.31. The van der Waals surface area contributed by atoms with Gasteiger partial charge in [-0.1, -0.05) is 5.92 Å². The summed E-state index contributed by atoms with van der Waals surface area (Å²) in [7, 11) is 0. The third kappa shape index (κ3) is 1.53. The van der Waals surface area contributed by atoms with E-state index >= 15 is 0 Å². The van der Waals surface area contributed by atoms with E-state index in [9.17, 15) is 0 Å². The van der Waals surface area contributed by atoms with Gasteiger partial charge in [-0.15, -0.1) is 5.92 Å². The van der Waals surface area contributed by atoms with Crippen LogP contribution in [0, 0.1) is 23.2 Å². The van der Waals surface area contributed by atoms with Crippen molar-refractivity contribution in [1.29, 1.82) is 5.26 Å². The minimum atomic E-state index is 0.364. The lowest BCUT2D eigenvalue weighted by Gasteiger charge is -1.95. The Labute approximate surface area is 70.8 Å². The highest BCUT2D eigenvalue weighted by molar-refractivity contribution is 5.53. The van der Waals surface area contributed by atoms with E-state index in [1.807, 2.05) is 6.07 Å². The van der Waals surface area contributed by atoms with Gasteiger partial charge in [0.05, 0.1) is 11.1 Å². The van der Waals surface area contributed by atoms with Gasteiger partial charge in [0, 0.05) is 6.20 Å². The molecule has 1 rings (SSSR count). The van der Waals surface area contributed by atoms with Crippen LogP contribution in [0.1, 0.15) is 18.1 Å². The van der Waals surface area contributed by atoms with Gasteiger partial charge >= 0.3 is 0 Å². The van der Waals surface area contributed by atoms with Crippen LogP contribution >= 0.6 is 0 Å². The maximum absolute atomic E-state index is 8.54. The van der Waals surface area contributed by atoms with Gasteiger partial charge in [0.1, 0.15) is 11.9 Å². The van der Waals surface area contributed by atoms with Gasteiger partial charge in [-0.3, -0.25) is 0 Å². The smallest absolute Gasteiger partial charge is 0.139 e. The molecule has 2 N–H and O–H groups in total. The molecule has 0 saturated heterocycles. The number of anilines is 1. The van der Waals surface area contributed by atoms with Crippen LogP contribution < -0.4 is 5.73 Å². The van der Waals surface area contributed by atoms with Gasteiger partial charge in [0.15, 0.2) is 0 Å². The lowest BCUT2D eigenvalue weighted by molar-refractivity contribution is 1.30. The first-order valence-corrected chi connectivity index (χ1v) is 3.36. The molecule has 58 valence electrons. The highest BCUT2D eigenvalue weighted by atomic mass is 14.8. The van der Waals surface area contributed by atoms with Crippen LogP contribution in [-0.4, -0.2) is 4.98 Å². The molecule has 1 heterocycles. The maximum Gasteiger partial charge on any atom is 0.139 e. The molecule has 0 aliphatic heterocycles. The molecule has 12 heavy (non-hydrogen) atoms. The van der Waals surface area contributed by atoms with E-state index in [1.54, 1.807) is 13.0 Å². The van der Waals surface area contributed by atoms with Gasteiger partial charge < -0.3 is 5.73 Å². The highest BCUT2D eigenvalue weighted by Gasteiger charge is 1.97. The molecule has 0 aromatic carbocycles. The van der Waals surface area contributed by atoms with Gasteiger partial charge in [-0.25, -0.2) is 4.98 Å². The standard InChI is InChI=1S/C9H7N3/c1-2-3-8-4-7(5-10)6-12-9(8)11/h4,6H,1H3,(H2,11,12). The SMILES string of the molecule is CC#Cc1cc(C#N)cnc1N. The molecule has 0 spiro atoms. The van der Waals surface area contributed by atoms with Crippen molar-refractivity contribution in [2.45, 2.75) is 6.92 Å². The monoisotopic (exact) mass is 157 g/mol. The summed E-state index contributed by atoms with van der Waals surface area (Å²) < 4.78 is 0. The number of aromatic nitrogens is 1. The largest absolute Gasteiger partial charge is 0.383 e. The molecule has 0 atom stereocenters. The van der Waals surface area contributed by atoms with Crippen LogP contribution in [0.3, 0.4) is 0 Å². The Balaban J connectivity index is 3.25. The van der Waals surface area contributed by atoms with E-state index in [1.165, 1.54) is 6.20 Å². The van der Waals surface area contributed by atoms with Crippen molar-refractivity contribution in [1.82, 2.24) is 4.98 Å². The number of nitrogens with zero attached hydrogens (tertiary/aromatic N) is 2. The Morgan fingerprint density at radius 2 is 2.33 bits per heavy atom. The summed E-state index contributed by atoms with van der Waals surface area (Å²) in [5.41, 5.74) is 6.59. The summed E-state index contributed by atoms with van der Waals surface area (Å²) in [6.07, 6.45) is 1.43. The first-order chi connectivity index (χ1) is 5.77. The number of nitrogen functional groups attached to an aromatic ring is 1. The van der Waals surface area contributed by atoms with E-state index in [0.717, 1.165) is 0 Å². The molecular formula is C9H7N3. The predicted molar refractivity (Wildman–Crippen MR) is 45.9 cm³/mol. The lowest BCUT2D eigenvalue weighted by Crippen LogP contribution is -1.94. The number of rotatable bonds is 0. The topological polar surface area (TPSA) is 62.7 Å². The summed E-state index contributed by atoms with van der Waals surface area (Å²) >= 11 is 0. The fraction of sp³-hybridized carbons (Fsp3) is 0.111. The first-order valence-electron chi connectivity index (χ1n) is 3.36. The van der Waals surface area contributed by atoms with Crippen LogP contribution in [0.5, 0.6) is 0 Å². The van der Waals surface area contributed by atoms with Crippen LogP contribution in [-0.2, 0) is 0 Å². The van der Waals surface area contributed by atoms with E-state index in [-0.39, 0.29) is 0 Å². The van der Waals surface area contributed by atoms with Crippen LogP contribution in [0.4, 0.5) is 5.82 Å². The normalized spacial score (nSPS) is 8.00. The number of pyridine rings is 1. The summed E-state index contributed by atoms with van der Waals surface area (Å²) in [6, 6.07) is 3.59. The van der Waals surface area contributed by atoms with Crippen LogP contribution in [0.2, 0.25) is 0 Å². The Morgan fingerprint density at radius 1 is 1.58 bits per heavy atom. The van der Waals surface area contributed by atoms with E-state index < -0.39 is 0 Å². The molecule has 0 aliphatic rings. The van der Waals surface area contributed by atoms with Crippen LogP contribution in [0.25, 0.3) is 0 Å². The molecule has 3 nitrogen and oxygen atoms in total. The number of hydrogen-bond acceptors (Lipinski definition) is 3. The Hall–Kier alpha value is -2.00. The van der Waals surface area contributed by atoms with Gasteiger partial charge in [0.25, 0.3) is 0 Å². The summed E-state index contributed by atoms with van der Waals surface area (Å²) in [5.74, 6) is 5.82. The zero-order chi connectivity index (χ0) is 8.97. The van der Waals surface area contributed by atoms with Crippen LogP contribution in [0.15, 0.2) is 12.3 Å². The summed E-state index contributed by atoms with van der Waals surface area (Å²) in [4.78, 5) is 3.82. The molecule has 0 amide bonds. The fourth-order valence-corrected chi connectivity index (χ4v) is 0.771. The molecule has 0 fully saturated rings. The summed E-state index contributed by atoms with van der Waals surface area (Å²) in [5, 5.41) is 8.54. The maximum atomic E-state index is 8.54. The molecular weight excluding hydrogens is 150 g/mol. The highest BCUT2D eigenvalue weighted by Crippen LogP contribution is 2.07. The quantitative estimate of drug-likeness (QED) is 0.569. The Kier molecular flexibility index (Phi) is 2.30. The van der Waals surface area contributed by atoms with Crippen molar-refractivity contribution >= 4 is 5.82 Å². The Morgan fingerprint density at radius 3 is 2.92 bits per heavy atom. The average molecular weight is 157 g/mol.